The van der Waals surface area contributed by atoms with Crippen molar-refractivity contribution in [1.82, 2.24) is 4.90 Å². The van der Waals surface area contributed by atoms with Gasteiger partial charge in [-0.15, -0.1) is 0 Å². The molecule has 6 heteroatoms. The zero-order chi connectivity index (χ0) is 18.4. The summed E-state index contributed by atoms with van der Waals surface area (Å²) in [6.07, 6.45) is 1.37. The fourth-order valence-electron chi connectivity index (χ4n) is 3.86. The highest BCUT2D eigenvalue weighted by Gasteiger charge is 2.33. The van der Waals surface area contributed by atoms with Gasteiger partial charge in [0.15, 0.2) is 0 Å². The molecular weight excluding hydrogens is 376 g/mol. The third-order valence-electron chi connectivity index (χ3n) is 5.12. The monoisotopic (exact) mass is 391 g/mol. The summed E-state index contributed by atoms with van der Waals surface area (Å²) in [4.78, 5) is 13.6. The number of rotatable bonds is 2. The predicted molar refractivity (Wildman–Crippen MR) is 101 cm³/mol. The van der Waals surface area contributed by atoms with Crippen molar-refractivity contribution in [3.63, 3.8) is 0 Å². The number of halogens is 3. The van der Waals surface area contributed by atoms with Crippen LogP contribution in [0.3, 0.4) is 0 Å². The third kappa shape index (κ3) is 2.73. The molecule has 0 spiro atoms. The standard InChI is InChI=1S/C20H16Cl2FNO2/c21-16-8-13(12-3-1-2-4-17(12)23)19-14(20(16)22)7-11-5-6-24(9-15(11)19)18(26)10-25/h1-4,8,25H,5-7,9-10H2. The lowest BCUT2D eigenvalue weighted by Crippen LogP contribution is -2.37. The molecule has 1 aliphatic heterocycles. The van der Waals surface area contributed by atoms with E-state index in [1.165, 1.54) is 11.6 Å². The highest BCUT2D eigenvalue weighted by Crippen LogP contribution is 2.48. The Hall–Kier alpha value is -1.88. The maximum Gasteiger partial charge on any atom is 0.248 e. The van der Waals surface area contributed by atoms with Gasteiger partial charge in [0.2, 0.25) is 5.91 Å². The Morgan fingerprint density at radius 2 is 2.00 bits per heavy atom. The number of hydrogen-bond acceptors (Lipinski definition) is 2. The molecule has 2 aromatic carbocycles. The fourth-order valence-corrected chi connectivity index (χ4v) is 4.30. The van der Waals surface area contributed by atoms with Gasteiger partial charge in [-0.3, -0.25) is 4.79 Å². The Morgan fingerprint density at radius 3 is 2.73 bits per heavy atom. The Bertz CT molecular complexity index is 955. The Labute approximate surface area is 160 Å². The van der Waals surface area contributed by atoms with Gasteiger partial charge in [0, 0.05) is 18.7 Å². The summed E-state index contributed by atoms with van der Waals surface area (Å²) in [5.74, 6) is -0.640. The quantitative estimate of drug-likeness (QED) is 0.827. The maximum atomic E-state index is 14.5. The number of aliphatic hydroxyl groups excluding tert-OH is 1. The highest BCUT2D eigenvalue weighted by atomic mass is 35.5. The second-order valence-electron chi connectivity index (χ2n) is 6.54. The van der Waals surface area contributed by atoms with E-state index in [0.717, 1.165) is 16.7 Å². The molecule has 0 bridgehead atoms. The molecule has 0 saturated heterocycles. The fraction of sp³-hybridized carbons (Fsp3) is 0.250. The van der Waals surface area contributed by atoms with Crippen LogP contribution in [-0.4, -0.2) is 35.6 Å². The molecule has 2 aliphatic rings. The molecular formula is C20H16Cl2FNO2. The second-order valence-corrected chi connectivity index (χ2v) is 7.32. The van der Waals surface area contributed by atoms with Crippen LogP contribution in [0.5, 0.6) is 0 Å². The van der Waals surface area contributed by atoms with Crippen LogP contribution in [0.25, 0.3) is 16.7 Å². The van der Waals surface area contributed by atoms with Crippen molar-refractivity contribution < 1.29 is 14.3 Å². The largest absolute Gasteiger partial charge is 0.387 e. The van der Waals surface area contributed by atoms with E-state index in [0.29, 0.717) is 47.1 Å². The molecule has 1 heterocycles. The first-order valence-corrected chi connectivity index (χ1v) is 9.12. The smallest absolute Gasteiger partial charge is 0.248 e. The van der Waals surface area contributed by atoms with Crippen molar-refractivity contribution in [1.29, 1.82) is 0 Å². The van der Waals surface area contributed by atoms with Gasteiger partial charge in [0.1, 0.15) is 12.4 Å². The summed E-state index contributed by atoms with van der Waals surface area (Å²) in [5, 5.41) is 10.1. The first-order valence-electron chi connectivity index (χ1n) is 8.37. The molecule has 134 valence electrons. The van der Waals surface area contributed by atoms with Crippen molar-refractivity contribution in [2.75, 3.05) is 19.7 Å². The summed E-state index contributed by atoms with van der Waals surface area (Å²) < 4.78 is 14.5. The van der Waals surface area contributed by atoms with E-state index in [1.807, 2.05) is 0 Å². The van der Waals surface area contributed by atoms with Crippen molar-refractivity contribution >= 4 is 34.7 Å². The van der Waals surface area contributed by atoms with Crippen molar-refractivity contribution in [2.24, 2.45) is 0 Å². The zero-order valence-corrected chi connectivity index (χ0v) is 15.4. The molecule has 0 radical (unpaired) electrons. The summed E-state index contributed by atoms with van der Waals surface area (Å²) in [5.41, 5.74) is 5.10. The molecule has 26 heavy (non-hydrogen) atoms. The van der Waals surface area contributed by atoms with Gasteiger partial charge in [0.05, 0.1) is 10.0 Å². The maximum absolute atomic E-state index is 14.5. The van der Waals surface area contributed by atoms with Gasteiger partial charge in [-0.1, -0.05) is 47.0 Å². The minimum atomic E-state index is -0.517. The van der Waals surface area contributed by atoms with E-state index in [1.54, 1.807) is 29.2 Å². The minimum absolute atomic E-state index is 0.308. The molecule has 1 N–H and O–H groups in total. The van der Waals surface area contributed by atoms with Gasteiger partial charge in [-0.25, -0.2) is 4.39 Å². The molecule has 3 nitrogen and oxygen atoms in total. The number of nitrogens with zero attached hydrogens (tertiary/aromatic N) is 1. The van der Waals surface area contributed by atoms with E-state index in [2.05, 4.69) is 0 Å². The zero-order valence-electron chi connectivity index (χ0n) is 13.9. The van der Waals surface area contributed by atoms with Crippen molar-refractivity contribution in [3.8, 4) is 11.1 Å². The Morgan fingerprint density at radius 1 is 1.23 bits per heavy atom. The van der Waals surface area contributed by atoms with E-state index in [9.17, 15) is 14.3 Å². The van der Waals surface area contributed by atoms with Gasteiger partial charge < -0.3 is 10.0 Å². The summed E-state index contributed by atoms with van der Waals surface area (Å²) >= 11 is 12.8. The number of benzene rings is 2. The summed E-state index contributed by atoms with van der Waals surface area (Å²) in [7, 11) is 0. The van der Waals surface area contributed by atoms with Crippen LogP contribution < -0.4 is 0 Å². The van der Waals surface area contributed by atoms with Crippen molar-refractivity contribution in [3.05, 3.63) is 62.9 Å². The molecule has 4 rings (SSSR count). The normalized spacial score (nSPS) is 15.9. The topological polar surface area (TPSA) is 40.5 Å². The van der Waals surface area contributed by atoms with Crippen LogP contribution in [-0.2, 0) is 11.2 Å². The number of hydrogen-bond donors (Lipinski definition) is 1. The van der Waals surface area contributed by atoms with Crippen LogP contribution in [0.2, 0.25) is 10.0 Å². The molecule has 0 saturated carbocycles. The van der Waals surface area contributed by atoms with E-state index in [4.69, 9.17) is 23.2 Å². The van der Waals surface area contributed by atoms with E-state index >= 15 is 0 Å². The van der Waals surface area contributed by atoms with Gasteiger partial charge in [-0.05, 0) is 47.2 Å². The van der Waals surface area contributed by atoms with Gasteiger partial charge in [0.25, 0.3) is 0 Å². The number of fused-ring (bicyclic) bond motifs is 2. The molecule has 0 aromatic heterocycles. The highest BCUT2D eigenvalue weighted by molar-refractivity contribution is 6.43. The van der Waals surface area contributed by atoms with Crippen LogP contribution in [0.15, 0.2) is 35.9 Å². The molecule has 0 fully saturated rings. The SMILES string of the molecule is O=C(CO)N1CCC2=C(C1)c1c(-c3ccccc3F)cc(Cl)c(Cl)c1C2. The van der Waals surface area contributed by atoms with Crippen LogP contribution >= 0.6 is 23.2 Å². The molecule has 2 aromatic rings. The van der Waals surface area contributed by atoms with E-state index in [-0.39, 0.29) is 11.7 Å². The molecule has 1 aliphatic carbocycles. The average Bonchev–Trinajstić information content (AvgIpc) is 3.03. The van der Waals surface area contributed by atoms with E-state index < -0.39 is 6.61 Å². The molecule has 1 amide bonds. The number of amides is 1. The summed E-state index contributed by atoms with van der Waals surface area (Å²) in [6.45, 7) is 0.435. The second kappa shape index (κ2) is 6.69. The van der Waals surface area contributed by atoms with Gasteiger partial charge in [-0.2, -0.15) is 0 Å². The molecule has 0 atom stereocenters. The molecule has 0 unspecified atom stereocenters. The van der Waals surface area contributed by atoms with Crippen LogP contribution in [0.4, 0.5) is 4.39 Å². The first kappa shape index (κ1) is 17.5. The van der Waals surface area contributed by atoms with Crippen LogP contribution in [0, 0.1) is 5.82 Å². The lowest BCUT2D eigenvalue weighted by Gasteiger charge is -2.29. The van der Waals surface area contributed by atoms with Crippen molar-refractivity contribution in [2.45, 2.75) is 12.8 Å². The van der Waals surface area contributed by atoms with Gasteiger partial charge >= 0.3 is 0 Å². The Balaban J connectivity index is 1.90. The number of carbonyl (C=O) groups excluding carboxylic acids is 1. The van der Waals surface area contributed by atoms with Crippen LogP contribution in [0.1, 0.15) is 17.5 Å². The number of aliphatic hydroxyl groups is 1. The predicted octanol–water partition coefficient (Wildman–Crippen LogP) is 4.33. The minimum Gasteiger partial charge on any atom is -0.387 e. The first-order chi connectivity index (χ1) is 12.5. The third-order valence-corrected chi connectivity index (χ3v) is 5.95. The lowest BCUT2D eigenvalue weighted by molar-refractivity contribution is -0.133. The Kier molecular flexibility index (Phi) is 4.51. The average molecular weight is 392 g/mol. The lowest BCUT2D eigenvalue weighted by atomic mass is 9.92. The summed E-state index contributed by atoms with van der Waals surface area (Å²) in [6, 6.07) is 8.25. The number of carbonyl (C=O) groups is 1.